The van der Waals surface area contributed by atoms with Gasteiger partial charge in [-0.25, -0.2) is 0 Å². The first kappa shape index (κ1) is 10.5. The molecule has 0 aliphatic heterocycles. The predicted octanol–water partition coefficient (Wildman–Crippen LogP) is 3.21. The van der Waals surface area contributed by atoms with E-state index in [1.807, 2.05) is 0 Å². The number of alkyl halides is 1. The van der Waals surface area contributed by atoms with Gasteiger partial charge in [0.2, 0.25) is 0 Å². The van der Waals surface area contributed by atoms with E-state index in [4.69, 9.17) is 0 Å². The quantitative estimate of drug-likeness (QED) is 0.560. The number of carbonyl (C=O) groups is 1. The van der Waals surface area contributed by atoms with Crippen molar-refractivity contribution in [2.75, 3.05) is 4.43 Å². The third-order valence-corrected chi connectivity index (χ3v) is 3.55. The molecular weight excluding hydrogens is 263 g/mol. The lowest BCUT2D eigenvalue weighted by Gasteiger charge is -2.32. The summed E-state index contributed by atoms with van der Waals surface area (Å²) in [7, 11) is 0. The molecule has 1 saturated carbocycles. The zero-order chi connectivity index (χ0) is 9.19. The van der Waals surface area contributed by atoms with Crippen molar-refractivity contribution < 1.29 is 4.79 Å². The number of hydrogen-bond acceptors (Lipinski definition) is 1. The second-order valence-electron chi connectivity index (χ2n) is 4.39. The first-order valence-corrected chi connectivity index (χ1v) is 6.18. The SMILES string of the molecule is CC1(C)CCC(CCI)CC1=O. The van der Waals surface area contributed by atoms with Crippen molar-refractivity contribution >= 4 is 28.4 Å². The number of carbonyl (C=O) groups excluding carboxylic acids is 1. The van der Waals surface area contributed by atoms with Crippen LogP contribution in [0.4, 0.5) is 0 Å². The Morgan fingerprint density at radius 2 is 2.25 bits per heavy atom. The second kappa shape index (κ2) is 4.07. The van der Waals surface area contributed by atoms with Crippen molar-refractivity contribution in [2.24, 2.45) is 11.3 Å². The molecule has 0 aromatic carbocycles. The van der Waals surface area contributed by atoms with E-state index >= 15 is 0 Å². The van der Waals surface area contributed by atoms with E-state index in [1.165, 1.54) is 17.3 Å². The fraction of sp³-hybridized carbons (Fsp3) is 0.900. The number of Topliss-reactive ketones (excluding diaryl/α,β-unsaturated/α-hetero) is 1. The number of ketones is 1. The summed E-state index contributed by atoms with van der Waals surface area (Å²) in [5.74, 6) is 1.16. The van der Waals surface area contributed by atoms with Crippen LogP contribution >= 0.6 is 22.6 Å². The van der Waals surface area contributed by atoms with E-state index in [1.54, 1.807) is 0 Å². The zero-order valence-corrected chi connectivity index (χ0v) is 10.1. The molecule has 1 aliphatic carbocycles. The molecule has 0 spiro atoms. The highest BCUT2D eigenvalue weighted by molar-refractivity contribution is 14.1. The van der Waals surface area contributed by atoms with E-state index in [0.717, 1.165) is 12.8 Å². The Kier molecular flexibility index (Phi) is 3.56. The summed E-state index contributed by atoms with van der Waals surface area (Å²) in [4.78, 5) is 11.6. The Morgan fingerprint density at radius 3 is 2.75 bits per heavy atom. The Bertz CT molecular complexity index is 175. The van der Waals surface area contributed by atoms with E-state index < -0.39 is 0 Å². The van der Waals surface area contributed by atoms with Crippen LogP contribution in [-0.2, 0) is 4.79 Å². The van der Waals surface area contributed by atoms with Crippen LogP contribution in [-0.4, -0.2) is 10.2 Å². The third kappa shape index (κ3) is 2.44. The Balaban J connectivity index is 2.47. The van der Waals surface area contributed by atoms with Crippen LogP contribution in [0.25, 0.3) is 0 Å². The molecule has 1 aliphatic rings. The number of halogens is 1. The average molecular weight is 280 g/mol. The summed E-state index contributed by atoms with van der Waals surface area (Å²) in [6, 6.07) is 0. The maximum absolute atomic E-state index is 11.6. The van der Waals surface area contributed by atoms with E-state index in [-0.39, 0.29) is 5.41 Å². The molecule has 1 rings (SSSR count). The normalized spacial score (nSPS) is 28.9. The molecule has 12 heavy (non-hydrogen) atoms. The lowest BCUT2D eigenvalue weighted by molar-refractivity contribution is -0.131. The summed E-state index contributed by atoms with van der Waals surface area (Å²) in [5.41, 5.74) is -0.0260. The van der Waals surface area contributed by atoms with Crippen LogP contribution in [0, 0.1) is 11.3 Å². The van der Waals surface area contributed by atoms with Crippen molar-refractivity contribution in [3.05, 3.63) is 0 Å². The van der Waals surface area contributed by atoms with Gasteiger partial charge in [-0.05, 0) is 29.6 Å². The van der Waals surface area contributed by atoms with Gasteiger partial charge in [0.1, 0.15) is 5.78 Å². The van der Waals surface area contributed by atoms with Gasteiger partial charge in [0.05, 0.1) is 0 Å². The summed E-state index contributed by atoms with van der Waals surface area (Å²) in [6.07, 6.45) is 4.40. The fourth-order valence-corrected chi connectivity index (χ4v) is 2.63. The Labute approximate surface area is 88.4 Å². The minimum atomic E-state index is -0.0260. The summed E-state index contributed by atoms with van der Waals surface area (Å²) < 4.78 is 1.19. The number of hydrogen-bond donors (Lipinski definition) is 0. The highest BCUT2D eigenvalue weighted by atomic mass is 127. The molecule has 0 saturated heterocycles. The van der Waals surface area contributed by atoms with Crippen LogP contribution in [0.5, 0.6) is 0 Å². The van der Waals surface area contributed by atoms with Gasteiger partial charge in [-0.3, -0.25) is 4.79 Å². The lowest BCUT2D eigenvalue weighted by atomic mass is 9.71. The molecule has 0 aromatic heterocycles. The van der Waals surface area contributed by atoms with Crippen LogP contribution < -0.4 is 0 Å². The van der Waals surface area contributed by atoms with Gasteiger partial charge in [-0.1, -0.05) is 36.4 Å². The maximum Gasteiger partial charge on any atom is 0.138 e. The Morgan fingerprint density at radius 1 is 1.58 bits per heavy atom. The summed E-state index contributed by atoms with van der Waals surface area (Å²) >= 11 is 2.39. The smallest absolute Gasteiger partial charge is 0.138 e. The zero-order valence-electron chi connectivity index (χ0n) is 7.90. The topological polar surface area (TPSA) is 17.1 Å². The molecule has 1 unspecified atom stereocenters. The van der Waals surface area contributed by atoms with Gasteiger partial charge in [0.15, 0.2) is 0 Å². The lowest BCUT2D eigenvalue weighted by Crippen LogP contribution is -2.32. The molecule has 0 amide bonds. The van der Waals surface area contributed by atoms with Gasteiger partial charge in [0, 0.05) is 11.8 Å². The molecule has 0 N–H and O–H groups in total. The van der Waals surface area contributed by atoms with Gasteiger partial charge >= 0.3 is 0 Å². The molecule has 1 atom stereocenters. The fourth-order valence-electron chi connectivity index (χ4n) is 1.75. The maximum atomic E-state index is 11.6. The monoisotopic (exact) mass is 280 g/mol. The minimum absolute atomic E-state index is 0.0260. The van der Waals surface area contributed by atoms with Crippen molar-refractivity contribution in [2.45, 2.75) is 39.5 Å². The molecule has 1 fully saturated rings. The van der Waals surface area contributed by atoms with Gasteiger partial charge in [-0.15, -0.1) is 0 Å². The molecule has 0 heterocycles. The van der Waals surface area contributed by atoms with Crippen LogP contribution in [0.1, 0.15) is 39.5 Å². The van der Waals surface area contributed by atoms with E-state index in [2.05, 4.69) is 36.4 Å². The first-order chi connectivity index (χ1) is 5.56. The van der Waals surface area contributed by atoms with Crippen LogP contribution in [0.2, 0.25) is 0 Å². The molecule has 0 radical (unpaired) electrons. The van der Waals surface area contributed by atoms with Crippen molar-refractivity contribution in [3.63, 3.8) is 0 Å². The molecule has 70 valence electrons. The largest absolute Gasteiger partial charge is 0.299 e. The molecule has 2 heteroatoms. The number of rotatable bonds is 2. The van der Waals surface area contributed by atoms with Gasteiger partial charge in [0.25, 0.3) is 0 Å². The molecular formula is C10H17IO. The first-order valence-electron chi connectivity index (χ1n) is 4.65. The van der Waals surface area contributed by atoms with Crippen LogP contribution in [0.3, 0.4) is 0 Å². The predicted molar refractivity (Wildman–Crippen MR) is 59.6 cm³/mol. The van der Waals surface area contributed by atoms with Crippen molar-refractivity contribution in [3.8, 4) is 0 Å². The Hall–Kier alpha value is 0.400. The van der Waals surface area contributed by atoms with Crippen molar-refractivity contribution in [1.29, 1.82) is 0 Å². The molecule has 1 nitrogen and oxygen atoms in total. The standard InChI is InChI=1S/C10H17IO/c1-10(2)5-3-8(4-6-11)7-9(10)12/h8H,3-7H2,1-2H3. The molecule has 0 aromatic rings. The van der Waals surface area contributed by atoms with Crippen molar-refractivity contribution in [1.82, 2.24) is 0 Å². The molecule has 0 bridgehead atoms. The summed E-state index contributed by atoms with van der Waals surface area (Å²) in [6.45, 7) is 4.16. The highest BCUT2D eigenvalue weighted by Gasteiger charge is 2.34. The van der Waals surface area contributed by atoms with E-state index in [0.29, 0.717) is 11.7 Å². The summed E-state index contributed by atoms with van der Waals surface area (Å²) in [5, 5.41) is 0. The average Bonchev–Trinajstić information content (AvgIpc) is 1.98. The van der Waals surface area contributed by atoms with E-state index in [9.17, 15) is 4.79 Å². The third-order valence-electron chi connectivity index (χ3n) is 2.92. The highest BCUT2D eigenvalue weighted by Crippen LogP contribution is 2.36. The van der Waals surface area contributed by atoms with Gasteiger partial charge in [-0.2, -0.15) is 0 Å². The van der Waals surface area contributed by atoms with Gasteiger partial charge < -0.3 is 0 Å². The second-order valence-corrected chi connectivity index (χ2v) is 5.47. The van der Waals surface area contributed by atoms with Crippen LogP contribution in [0.15, 0.2) is 0 Å². The minimum Gasteiger partial charge on any atom is -0.299 e.